The molecule has 1 nitrogen and oxygen atoms in total. The van der Waals surface area contributed by atoms with Crippen LogP contribution in [-0.2, 0) is 6.42 Å². The molecule has 0 atom stereocenters. The second-order valence-electron chi connectivity index (χ2n) is 5.26. The van der Waals surface area contributed by atoms with E-state index in [9.17, 15) is 0 Å². The summed E-state index contributed by atoms with van der Waals surface area (Å²) in [4.78, 5) is 0. The maximum absolute atomic E-state index is 4.00. The molecule has 0 saturated heterocycles. The van der Waals surface area contributed by atoms with Gasteiger partial charge in [0, 0.05) is 18.3 Å². The van der Waals surface area contributed by atoms with Crippen molar-refractivity contribution in [2.75, 3.05) is 12.4 Å². The summed E-state index contributed by atoms with van der Waals surface area (Å²) in [6, 6.07) is 21.6. The van der Waals surface area contributed by atoms with Crippen LogP contribution in [0.3, 0.4) is 0 Å². The summed E-state index contributed by atoms with van der Waals surface area (Å²) in [5.74, 6) is 0. The standard InChI is InChI=1S/C20H20N.ClH/c1-3-7-16-10-6-11-19(21-2)20(16)18-13-12-15-8-4-5-9-17(15)14-18;/h4-6,8-14,21H,1,3,7H2,2H3;1H. The largest absolute Gasteiger partial charge is 0.388 e. The fourth-order valence-corrected chi connectivity index (χ4v) is 2.89. The topological polar surface area (TPSA) is 12.0 Å². The Morgan fingerprint density at radius 2 is 1.68 bits per heavy atom. The predicted octanol–water partition coefficient (Wildman–Crippen LogP) is 5.74. The van der Waals surface area contributed by atoms with Crippen LogP contribution >= 0.6 is 12.4 Å². The summed E-state index contributed by atoms with van der Waals surface area (Å²) in [5.41, 5.74) is 5.10. The maximum Gasteiger partial charge on any atom is 0.0420 e. The molecule has 0 amide bonds. The number of aryl methyl sites for hydroxylation is 1. The third-order valence-corrected chi connectivity index (χ3v) is 3.90. The fraction of sp³-hybridized carbons (Fsp3) is 0.150. The molecule has 2 heteroatoms. The van der Waals surface area contributed by atoms with Crippen LogP contribution in [0.1, 0.15) is 12.0 Å². The minimum atomic E-state index is 0. The molecule has 22 heavy (non-hydrogen) atoms. The zero-order valence-corrected chi connectivity index (χ0v) is 13.6. The zero-order chi connectivity index (χ0) is 14.7. The minimum Gasteiger partial charge on any atom is -0.388 e. The first-order valence-electron chi connectivity index (χ1n) is 7.41. The van der Waals surface area contributed by atoms with Crippen LogP contribution in [0.5, 0.6) is 0 Å². The van der Waals surface area contributed by atoms with Gasteiger partial charge in [-0.3, -0.25) is 0 Å². The Kier molecular flexibility index (Phi) is 5.46. The molecule has 0 heterocycles. The van der Waals surface area contributed by atoms with Gasteiger partial charge in [0.15, 0.2) is 0 Å². The van der Waals surface area contributed by atoms with Crippen molar-refractivity contribution in [3.8, 4) is 11.1 Å². The summed E-state index contributed by atoms with van der Waals surface area (Å²) in [7, 11) is 1.98. The Labute approximate surface area is 138 Å². The van der Waals surface area contributed by atoms with E-state index in [0.717, 1.165) is 12.8 Å². The molecule has 0 saturated carbocycles. The van der Waals surface area contributed by atoms with Crippen LogP contribution in [0.25, 0.3) is 21.9 Å². The first kappa shape index (κ1) is 16.4. The molecule has 1 radical (unpaired) electrons. The Balaban J connectivity index is 0.00000176. The first-order chi connectivity index (χ1) is 10.3. The molecule has 0 bridgehead atoms. The van der Waals surface area contributed by atoms with Gasteiger partial charge >= 0.3 is 0 Å². The number of hydrogen-bond donors (Lipinski definition) is 1. The quantitative estimate of drug-likeness (QED) is 0.648. The van der Waals surface area contributed by atoms with Crippen molar-refractivity contribution in [1.29, 1.82) is 0 Å². The van der Waals surface area contributed by atoms with Gasteiger partial charge in [-0.25, -0.2) is 0 Å². The number of nitrogens with one attached hydrogen (secondary N) is 1. The monoisotopic (exact) mass is 310 g/mol. The van der Waals surface area contributed by atoms with Crippen molar-refractivity contribution >= 4 is 28.9 Å². The van der Waals surface area contributed by atoms with E-state index in [0.29, 0.717) is 0 Å². The highest BCUT2D eigenvalue weighted by Crippen LogP contribution is 2.34. The molecule has 0 aliphatic heterocycles. The SMILES string of the molecule is Cl.[CH2]CCc1cccc(NC)c1-c1ccc2ccccc2c1. The summed E-state index contributed by atoms with van der Waals surface area (Å²) in [5, 5.41) is 5.88. The van der Waals surface area contributed by atoms with Gasteiger partial charge in [0.25, 0.3) is 0 Å². The van der Waals surface area contributed by atoms with Gasteiger partial charge in [-0.05, 0) is 46.9 Å². The lowest BCUT2D eigenvalue weighted by Crippen LogP contribution is -1.97. The Bertz CT molecular complexity index is 765. The molecule has 0 unspecified atom stereocenters. The van der Waals surface area contributed by atoms with Crippen LogP contribution in [0, 0.1) is 6.92 Å². The second-order valence-corrected chi connectivity index (χ2v) is 5.26. The lowest BCUT2D eigenvalue weighted by atomic mass is 9.93. The molecule has 0 aliphatic carbocycles. The Morgan fingerprint density at radius 3 is 2.41 bits per heavy atom. The van der Waals surface area contributed by atoms with Crippen molar-refractivity contribution in [3.63, 3.8) is 0 Å². The first-order valence-corrected chi connectivity index (χ1v) is 7.41. The van der Waals surface area contributed by atoms with Gasteiger partial charge in [0.05, 0.1) is 0 Å². The number of anilines is 1. The van der Waals surface area contributed by atoms with Gasteiger partial charge in [-0.15, -0.1) is 12.4 Å². The summed E-state index contributed by atoms with van der Waals surface area (Å²) in [6.45, 7) is 4.00. The van der Waals surface area contributed by atoms with Gasteiger partial charge in [0.1, 0.15) is 0 Å². The molecular weight excluding hydrogens is 290 g/mol. The van der Waals surface area contributed by atoms with Crippen LogP contribution in [0.2, 0.25) is 0 Å². The molecular formula is C20H21ClN. The van der Waals surface area contributed by atoms with E-state index < -0.39 is 0 Å². The molecule has 0 spiro atoms. The van der Waals surface area contributed by atoms with Crippen molar-refractivity contribution in [1.82, 2.24) is 0 Å². The Hall–Kier alpha value is -1.99. The number of fused-ring (bicyclic) bond motifs is 1. The van der Waals surface area contributed by atoms with Crippen LogP contribution in [-0.4, -0.2) is 7.05 Å². The second kappa shape index (κ2) is 7.33. The van der Waals surface area contributed by atoms with Crippen molar-refractivity contribution in [3.05, 3.63) is 73.2 Å². The van der Waals surface area contributed by atoms with E-state index in [1.54, 1.807) is 0 Å². The highest BCUT2D eigenvalue weighted by Gasteiger charge is 2.10. The molecule has 3 aromatic rings. The van der Waals surface area contributed by atoms with Crippen LogP contribution in [0.15, 0.2) is 60.7 Å². The van der Waals surface area contributed by atoms with E-state index in [2.05, 4.69) is 72.9 Å². The van der Waals surface area contributed by atoms with Gasteiger partial charge in [-0.1, -0.05) is 55.5 Å². The van der Waals surface area contributed by atoms with Crippen molar-refractivity contribution in [2.45, 2.75) is 12.8 Å². The summed E-state index contributed by atoms with van der Waals surface area (Å²) >= 11 is 0. The average Bonchev–Trinajstić information content (AvgIpc) is 2.54. The van der Waals surface area contributed by atoms with Gasteiger partial charge < -0.3 is 5.32 Å². The lowest BCUT2D eigenvalue weighted by Gasteiger charge is -2.15. The minimum absolute atomic E-state index is 0. The van der Waals surface area contributed by atoms with Crippen molar-refractivity contribution in [2.24, 2.45) is 0 Å². The normalized spacial score (nSPS) is 10.3. The van der Waals surface area contributed by atoms with E-state index in [1.165, 1.54) is 33.2 Å². The lowest BCUT2D eigenvalue weighted by molar-refractivity contribution is 1.00. The van der Waals surface area contributed by atoms with E-state index in [-0.39, 0.29) is 12.4 Å². The fourth-order valence-electron chi connectivity index (χ4n) is 2.89. The molecule has 1 N–H and O–H groups in total. The number of rotatable bonds is 4. The molecule has 0 aliphatic rings. The van der Waals surface area contributed by atoms with E-state index in [4.69, 9.17) is 0 Å². The van der Waals surface area contributed by atoms with E-state index in [1.807, 2.05) is 7.05 Å². The molecule has 0 aromatic heterocycles. The highest BCUT2D eigenvalue weighted by atomic mass is 35.5. The maximum atomic E-state index is 4.00. The average molecular weight is 311 g/mol. The third-order valence-electron chi connectivity index (χ3n) is 3.90. The molecule has 3 rings (SSSR count). The number of benzene rings is 3. The van der Waals surface area contributed by atoms with Crippen LogP contribution in [0.4, 0.5) is 5.69 Å². The summed E-state index contributed by atoms with van der Waals surface area (Å²) in [6.07, 6.45) is 1.91. The Morgan fingerprint density at radius 1 is 0.909 bits per heavy atom. The smallest absolute Gasteiger partial charge is 0.0420 e. The highest BCUT2D eigenvalue weighted by molar-refractivity contribution is 5.90. The zero-order valence-electron chi connectivity index (χ0n) is 12.8. The third kappa shape index (κ3) is 3.10. The predicted molar refractivity (Wildman–Crippen MR) is 99.9 cm³/mol. The molecule has 3 aromatic carbocycles. The molecule has 113 valence electrons. The van der Waals surface area contributed by atoms with Gasteiger partial charge in [-0.2, -0.15) is 0 Å². The van der Waals surface area contributed by atoms with Gasteiger partial charge in [0.2, 0.25) is 0 Å². The number of hydrogen-bond acceptors (Lipinski definition) is 1. The summed E-state index contributed by atoms with van der Waals surface area (Å²) < 4.78 is 0. The van der Waals surface area contributed by atoms with E-state index >= 15 is 0 Å². The number of halogens is 1. The molecule has 0 fully saturated rings. The van der Waals surface area contributed by atoms with Crippen LogP contribution < -0.4 is 5.32 Å². The van der Waals surface area contributed by atoms with Crippen molar-refractivity contribution < 1.29 is 0 Å².